The van der Waals surface area contributed by atoms with Gasteiger partial charge < -0.3 is 4.90 Å². The molecule has 2 fully saturated rings. The highest BCUT2D eigenvalue weighted by Crippen LogP contribution is 2.36. The lowest BCUT2D eigenvalue weighted by molar-refractivity contribution is -0.138. The van der Waals surface area contributed by atoms with Crippen molar-refractivity contribution in [2.75, 3.05) is 18.0 Å². The summed E-state index contributed by atoms with van der Waals surface area (Å²) in [7, 11) is 0. The predicted octanol–water partition coefficient (Wildman–Crippen LogP) is 3.28. The Kier molecular flexibility index (Phi) is 5.34. The van der Waals surface area contributed by atoms with E-state index in [2.05, 4.69) is 6.92 Å². The summed E-state index contributed by atoms with van der Waals surface area (Å²) in [6.07, 6.45) is 2.23. The van der Waals surface area contributed by atoms with E-state index in [0.717, 1.165) is 23.3 Å². The van der Waals surface area contributed by atoms with Crippen molar-refractivity contribution >= 4 is 23.5 Å². The number of benzene rings is 2. The Balaban J connectivity index is 1.49. The standard InChI is InChI=1S/C23H25N3O3/c1-17(19-12-13-19)24(14-18-8-4-2-5-9-18)21(27)16-26-22(28)15-25(23(26)29)20-10-6-3-7-11-20/h2-11,17,19H,12-16H2,1H3. The summed E-state index contributed by atoms with van der Waals surface area (Å²) in [4.78, 5) is 42.8. The second-order valence-corrected chi connectivity index (χ2v) is 7.77. The van der Waals surface area contributed by atoms with Gasteiger partial charge in [0.15, 0.2) is 0 Å². The molecule has 1 saturated carbocycles. The van der Waals surface area contributed by atoms with Crippen LogP contribution in [0.25, 0.3) is 0 Å². The summed E-state index contributed by atoms with van der Waals surface area (Å²) in [6.45, 7) is 2.29. The van der Waals surface area contributed by atoms with Crippen molar-refractivity contribution in [3.63, 3.8) is 0 Å². The third kappa shape index (κ3) is 4.16. The molecule has 6 heteroatoms. The first-order chi connectivity index (χ1) is 14.0. The van der Waals surface area contributed by atoms with E-state index >= 15 is 0 Å². The van der Waals surface area contributed by atoms with Crippen LogP contribution in [0.2, 0.25) is 0 Å². The highest BCUT2D eigenvalue weighted by atomic mass is 16.2. The van der Waals surface area contributed by atoms with Crippen LogP contribution in [0.1, 0.15) is 25.3 Å². The maximum Gasteiger partial charge on any atom is 0.332 e. The minimum absolute atomic E-state index is 0.0347. The number of hydrogen-bond donors (Lipinski definition) is 0. The van der Waals surface area contributed by atoms with E-state index in [9.17, 15) is 14.4 Å². The second-order valence-electron chi connectivity index (χ2n) is 7.77. The van der Waals surface area contributed by atoms with Gasteiger partial charge in [0.1, 0.15) is 13.1 Å². The Labute approximate surface area is 170 Å². The van der Waals surface area contributed by atoms with E-state index in [1.165, 1.54) is 4.90 Å². The normalized spacial score (nSPS) is 17.6. The third-order valence-corrected chi connectivity index (χ3v) is 5.73. The van der Waals surface area contributed by atoms with Crippen LogP contribution in [0.4, 0.5) is 10.5 Å². The predicted molar refractivity (Wildman–Crippen MR) is 110 cm³/mol. The zero-order valence-electron chi connectivity index (χ0n) is 16.5. The molecule has 29 heavy (non-hydrogen) atoms. The molecule has 1 aliphatic heterocycles. The van der Waals surface area contributed by atoms with Crippen molar-refractivity contribution < 1.29 is 14.4 Å². The lowest BCUT2D eigenvalue weighted by atomic mass is 10.1. The van der Waals surface area contributed by atoms with Gasteiger partial charge in [0.2, 0.25) is 5.91 Å². The fourth-order valence-electron chi connectivity index (χ4n) is 3.80. The lowest BCUT2D eigenvalue weighted by Gasteiger charge is -2.31. The SMILES string of the molecule is CC(C1CC1)N(Cc1ccccc1)C(=O)CN1C(=O)CN(c2ccccc2)C1=O. The summed E-state index contributed by atoms with van der Waals surface area (Å²) in [5, 5.41) is 0. The maximum absolute atomic E-state index is 13.2. The van der Waals surface area contributed by atoms with Gasteiger partial charge in [0.25, 0.3) is 5.91 Å². The average Bonchev–Trinajstić information content (AvgIpc) is 3.56. The number of carbonyl (C=O) groups is 3. The van der Waals surface area contributed by atoms with Crippen molar-refractivity contribution in [2.24, 2.45) is 5.92 Å². The van der Waals surface area contributed by atoms with Gasteiger partial charge in [0, 0.05) is 18.3 Å². The van der Waals surface area contributed by atoms with Crippen molar-refractivity contribution in [1.82, 2.24) is 9.80 Å². The van der Waals surface area contributed by atoms with Gasteiger partial charge >= 0.3 is 6.03 Å². The highest BCUT2D eigenvalue weighted by molar-refractivity contribution is 6.13. The molecule has 2 aromatic rings. The first kappa shape index (κ1) is 19.2. The fourth-order valence-corrected chi connectivity index (χ4v) is 3.80. The molecule has 0 aromatic heterocycles. The molecule has 0 bridgehead atoms. The van der Waals surface area contributed by atoms with E-state index in [1.54, 1.807) is 12.1 Å². The topological polar surface area (TPSA) is 60.9 Å². The molecule has 6 nitrogen and oxygen atoms in total. The summed E-state index contributed by atoms with van der Waals surface area (Å²) >= 11 is 0. The Morgan fingerprint density at radius 1 is 1.03 bits per heavy atom. The van der Waals surface area contributed by atoms with Crippen LogP contribution in [-0.2, 0) is 16.1 Å². The molecule has 1 atom stereocenters. The van der Waals surface area contributed by atoms with Gasteiger partial charge in [-0.25, -0.2) is 4.79 Å². The number of urea groups is 1. The molecule has 4 amide bonds. The number of amides is 4. The summed E-state index contributed by atoms with van der Waals surface area (Å²) < 4.78 is 0. The van der Waals surface area contributed by atoms with E-state index in [4.69, 9.17) is 0 Å². The molecule has 2 aliphatic rings. The number of rotatable bonds is 7. The number of nitrogens with zero attached hydrogens (tertiary/aromatic N) is 3. The maximum atomic E-state index is 13.2. The number of anilines is 1. The summed E-state index contributed by atoms with van der Waals surface area (Å²) in [5.41, 5.74) is 1.70. The Bertz CT molecular complexity index is 896. The van der Waals surface area contributed by atoms with Crippen molar-refractivity contribution in [3.8, 4) is 0 Å². The van der Waals surface area contributed by atoms with Crippen LogP contribution >= 0.6 is 0 Å². The van der Waals surface area contributed by atoms with E-state index in [0.29, 0.717) is 18.2 Å². The Morgan fingerprint density at radius 3 is 2.28 bits per heavy atom. The largest absolute Gasteiger partial charge is 0.334 e. The van der Waals surface area contributed by atoms with Crippen LogP contribution in [0.15, 0.2) is 60.7 Å². The van der Waals surface area contributed by atoms with Gasteiger partial charge in [-0.2, -0.15) is 0 Å². The third-order valence-electron chi connectivity index (χ3n) is 5.73. The quantitative estimate of drug-likeness (QED) is 0.681. The molecular weight excluding hydrogens is 366 g/mol. The average molecular weight is 391 g/mol. The number of imide groups is 1. The Morgan fingerprint density at radius 2 is 1.66 bits per heavy atom. The zero-order valence-corrected chi connectivity index (χ0v) is 16.5. The van der Waals surface area contributed by atoms with Gasteiger partial charge in [0.05, 0.1) is 0 Å². The lowest BCUT2D eigenvalue weighted by Crippen LogP contribution is -2.47. The summed E-state index contributed by atoms with van der Waals surface area (Å²) in [6, 6.07) is 18.5. The molecule has 1 unspecified atom stereocenters. The minimum Gasteiger partial charge on any atom is -0.334 e. The van der Waals surface area contributed by atoms with Gasteiger partial charge in [-0.05, 0) is 43.4 Å². The molecule has 0 radical (unpaired) electrons. The van der Waals surface area contributed by atoms with Gasteiger partial charge in [-0.1, -0.05) is 48.5 Å². The molecule has 0 N–H and O–H groups in total. The molecule has 150 valence electrons. The zero-order chi connectivity index (χ0) is 20.4. The van der Waals surface area contributed by atoms with Crippen LogP contribution in [0.3, 0.4) is 0 Å². The van der Waals surface area contributed by atoms with Crippen molar-refractivity contribution in [3.05, 3.63) is 66.2 Å². The molecular formula is C23H25N3O3. The van der Waals surface area contributed by atoms with Crippen molar-refractivity contribution in [1.29, 1.82) is 0 Å². The first-order valence-corrected chi connectivity index (χ1v) is 10.0. The molecule has 1 saturated heterocycles. The smallest absolute Gasteiger partial charge is 0.332 e. The number of para-hydroxylation sites is 1. The van der Waals surface area contributed by atoms with Crippen LogP contribution in [-0.4, -0.2) is 46.8 Å². The van der Waals surface area contributed by atoms with Gasteiger partial charge in [-0.15, -0.1) is 0 Å². The Hall–Kier alpha value is -3.15. The van der Waals surface area contributed by atoms with E-state index in [-0.39, 0.29) is 30.9 Å². The minimum atomic E-state index is -0.437. The van der Waals surface area contributed by atoms with Crippen LogP contribution in [0.5, 0.6) is 0 Å². The monoisotopic (exact) mass is 391 g/mol. The van der Waals surface area contributed by atoms with Crippen LogP contribution in [0, 0.1) is 5.92 Å². The molecule has 1 heterocycles. The highest BCUT2D eigenvalue weighted by Gasteiger charge is 2.40. The van der Waals surface area contributed by atoms with Crippen molar-refractivity contribution in [2.45, 2.75) is 32.4 Å². The molecule has 2 aromatic carbocycles. The fraction of sp³-hybridized carbons (Fsp3) is 0.348. The van der Waals surface area contributed by atoms with E-state index in [1.807, 2.05) is 53.4 Å². The first-order valence-electron chi connectivity index (χ1n) is 10.0. The second kappa shape index (κ2) is 8.07. The van der Waals surface area contributed by atoms with Gasteiger partial charge in [-0.3, -0.25) is 19.4 Å². The number of hydrogen-bond acceptors (Lipinski definition) is 3. The number of carbonyl (C=O) groups excluding carboxylic acids is 3. The summed E-state index contributed by atoms with van der Waals surface area (Å²) in [5.74, 6) is -0.0377. The molecule has 4 rings (SSSR count). The van der Waals surface area contributed by atoms with E-state index < -0.39 is 6.03 Å². The molecule has 0 spiro atoms. The molecule has 1 aliphatic carbocycles. The van der Waals surface area contributed by atoms with Crippen LogP contribution < -0.4 is 4.90 Å².